The number of carbonyl (C=O) groups is 1. The number of benzene rings is 1. The number of ether oxygens (including phenoxy) is 1. The van der Waals surface area contributed by atoms with Crippen LogP contribution in [0, 0.1) is 0 Å². The van der Waals surface area contributed by atoms with E-state index in [-0.39, 0.29) is 11.5 Å². The van der Waals surface area contributed by atoms with Gasteiger partial charge in [0.1, 0.15) is 11.5 Å². The second-order valence-corrected chi connectivity index (χ2v) is 3.83. The van der Waals surface area contributed by atoms with Crippen LogP contribution in [0.2, 0.25) is 0 Å². The minimum absolute atomic E-state index is 0.102. The predicted octanol–water partition coefficient (Wildman–Crippen LogP) is 2.15. The number of carbonyl (C=O) groups excluding carboxylic acids is 1. The highest BCUT2D eigenvalue weighted by Gasteiger charge is 2.06. The standard InChI is InChI=1S/C14H14N2O4/c1-2-19-13-8-11(17)6-5-10(13)9-15-16-14(18)12-4-3-7-20-12/h3-9,17H,2H2,1H3,(H,16,18)/b15-9+. The molecule has 6 heteroatoms. The van der Waals surface area contributed by atoms with Gasteiger partial charge in [0.15, 0.2) is 5.76 Å². The number of nitrogens with zero attached hydrogens (tertiary/aromatic N) is 1. The maximum Gasteiger partial charge on any atom is 0.307 e. The first-order chi connectivity index (χ1) is 9.70. The van der Waals surface area contributed by atoms with Gasteiger partial charge in [0.2, 0.25) is 0 Å². The summed E-state index contributed by atoms with van der Waals surface area (Å²) in [6.07, 6.45) is 2.84. The highest BCUT2D eigenvalue weighted by molar-refractivity contribution is 5.92. The minimum Gasteiger partial charge on any atom is -0.508 e. The van der Waals surface area contributed by atoms with Gasteiger partial charge in [-0.05, 0) is 31.2 Å². The normalized spacial score (nSPS) is 10.7. The molecule has 0 aliphatic carbocycles. The molecule has 0 bridgehead atoms. The van der Waals surface area contributed by atoms with Crippen molar-refractivity contribution in [2.24, 2.45) is 5.10 Å². The van der Waals surface area contributed by atoms with Crippen molar-refractivity contribution in [2.75, 3.05) is 6.61 Å². The minimum atomic E-state index is -0.442. The highest BCUT2D eigenvalue weighted by atomic mass is 16.5. The number of rotatable bonds is 5. The van der Waals surface area contributed by atoms with Crippen LogP contribution in [0.4, 0.5) is 0 Å². The molecule has 1 heterocycles. The van der Waals surface area contributed by atoms with Gasteiger partial charge in [-0.25, -0.2) is 5.43 Å². The second-order valence-electron chi connectivity index (χ2n) is 3.83. The fourth-order valence-corrected chi connectivity index (χ4v) is 1.53. The lowest BCUT2D eigenvalue weighted by atomic mass is 10.2. The van der Waals surface area contributed by atoms with Crippen LogP contribution in [-0.4, -0.2) is 23.8 Å². The zero-order chi connectivity index (χ0) is 14.4. The van der Waals surface area contributed by atoms with Gasteiger partial charge in [0.05, 0.1) is 19.1 Å². The summed E-state index contributed by atoms with van der Waals surface area (Å²) in [5, 5.41) is 13.2. The van der Waals surface area contributed by atoms with E-state index >= 15 is 0 Å². The zero-order valence-corrected chi connectivity index (χ0v) is 10.9. The van der Waals surface area contributed by atoms with Gasteiger partial charge in [-0.15, -0.1) is 0 Å². The molecule has 20 heavy (non-hydrogen) atoms. The van der Waals surface area contributed by atoms with E-state index in [1.165, 1.54) is 30.7 Å². The third-order valence-corrected chi connectivity index (χ3v) is 2.41. The van der Waals surface area contributed by atoms with E-state index in [2.05, 4.69) is 10.5 Å². The number of aromatic hydroxyl groups is 1. The zero-order valence-electron chi connectivity index (χ0n) is 10.9. The molecule has 0 unspecified atom stereocenters. The Bertz CT molecular complexity index is 606. The Morgan fingerprint density at radius 3 is 3.05 bits per heavy atom. The Kier molecular flexibility index (Phi) is 4.39. The number of phenols is 1. The summed E-state index contributed by atoms with van der Waals surface area (Å²) >= 11 is 0. The van der Waals surface area contributed by atoms with Crippen molar-refractivity contribution in [3.63, 3.8) is 0 Å². The summed E-state index contributed by atoms with van der Waals surface area (Å²) in [6.45, 7) is 2.30. The number of amides is 1. The summed E-state index contributed by atoms with van der Waals surface area (Å²) < 4.78 is 10.3. The van der Waals surface area contributed by atoms with Crippen molar-refractivity contribution in [2.45, 2.75) is 6.92 Å². The molecular formula is C14H14N2O4. The molecule has 0 radical (unpaired) electrons. The first-order valence-corrected chi connectivity index (χ1v) is 6.03. The first-order valence-electron chi connectivity index (χ1n) is 6.03. The molecule has 0 saturated heterocycles. The number of nitrogens with one attached hydrogen (secondary N) is 1. The van der Waals surface area contributed by atoms with Crippen LogP contribution in [0.5, 0.6) is 11.5 Å². The van der Waals surface area contributed by atoms with Gasteiger partial charge in [-0.3, -0.25) is 4.79 Å². The lowest BCUT2D eigenvalue weighted by molar-refractivity contribution is 0.0927. The molecule has 0 fully saturated rings. The van der Waals surface area contributed by atoms with E-state index in [1.807, 2.05) is 6.92 Å². The van der Waals surface area contributed by atoms with Crippen LogP contribution in [0.25, 0.3) is 0 Å². The smallest absolute Gasteiger partial charge is 0.307 e. The molecule has 6 nitrogen and oxygen atoms in total. The molecule has 0 atom stereocenters. The Hall–Kier alpha value is -2.76. The molecule has 104 valence electrons. The number of hydrazone groups is 1. The largest absolute Gasteiger partial charge is 0.508 e. The average Bonchev–Trinajstić information content (AvgIpc) is 2.95. The maximum absolute atomic E-state index is 11.6. The van der Waals surface area contributed by atoms with Crippen LogP contribution in [0.15, 0.2) is 46.1 Å². The fourth-order valence-electron chi connectivity index (χ4n) is 1.53. The monoisotopic (exact) mass is 274 g/mol. The molecule has 2 rings (SSSR count). The third kappa shape index (κ3) is 3.38. The van der Waals surface area contributed by atoms with Crippen molar-refractivity contribution in [3.8, 4) is 11.5 Å². The van der Waals surface area contributed by atoms with Crippen molar-refractivity contribution >= 4 is 12.1 Å². The highest BCUT2D eigenvalue weighted by Crippen LogP contribution is 2.22. The fraction of sp³-hybridized carbons (Fsp3) is 0.143. The van der Waals surface area contributed by atoms with Crippen molar-refractivity contribution in [3.05, 3.63) is 47.9 Å². The SMILES string of the molecule is CCOc1cc(O)ccc1/C=N/NC(=O)c1ccco1. The number of phenolic OH excluding ortho intramolecular Hbond substituents is 1. The molecule has 1 aromatic carbocycles. The first kappa shape index (κ1) is 13.7. The molecule has 2 N–H and O–H groups in total. The molecule has 0 aliphatic heterocycles. The Balaban J connectivity index is 2.06. The van der Waals surface area contributed by atoms with Crippen molar-refractivity contribution < 1.29 is 19.1 Å². The lowest BCUT2D eigenvalue weighted by Gasteiger charge is -2.06. The van der Waals surface area contributed by atoms with Gasteiger partial charge < -0.3 is 14.3 Å². The number of furan rings is 1. The molecule has 0 spiro atoms. The van der Waals surface area contributed by atoms with E-state index in [9.17, 15) is 9.90 Å². The maximum atomic E-state index is 11.6. The van der Waals surface area contributed by atoms with E-state index in [1.54, 1.807) is 12.1 Å². The Morgan fingerprint density at radius 2 is 2.35 bits per heavy atom. The summed E-state index contributed by atoms with van der Waals surface area (Å²) in [6, 6.07) is 7.79. The van der Waals surface area contributed by atoms with Gasteiger partial charge in [0.25, 0.3) is 0 Å². The quantitative estimate of drug-likeness (QED) is 0.646. The molecule has 2 aromatic rings. The van der Waals surface area contributed by atoms with Crippen LogP contribution in [0.3, 0.4) is 0 Å². The summed E-state index contributed by atoms with van der Waals surface area (Å²) in [7, 11) is 0. The Morgan fingerprint density at radius 1 is 1.50 bits per heavy atom. The van der Waals surface area contributed by atoms with Crippen LogP contribution >= 0.6 is 0 Å². The van der Waals surface area contributed by atoms with Crippen molar-refractivity contribution in [1.82, 2.24) is 5.43 Å². The predicted molar refractivity (Wildman–Crippen MR) is 73.0 cm³/mol. The summed E-state index contributed by atoms with van der Waals surface area (Å²) in [4.78, 5) is 11.6. The molecule has 1 aromatic heterocycles. The molecule has 0 saturated carbocycles. The second kappa shape index (κ2) is 6.42. The summed E-state index contributed by atoms with van der Waals surface area (Å²) in [5.74, 6) is 0.328. The van der Waals surface area contributed by atoms with Crippen LogP contribution < -0.4 is 10.2 Å². The van der Waals surface area contributed by atoms with Crippen LogP contribution in [-0.2, 0) is 0 Å². The van der Waals surface area contributed by atoms with Gasteiger partial charge in [0, 0.05) is 11.6 Å². The molecule has 0 aliphatic rings. The van der Waals surface area contributed by atoms with Gasteiger partial charge >= 0.3 is 5.91 Å². The Labute approximate surface area is 115 Å². The van der Waals surface area contributed by atoms with Gasteiger partial charge in [-0.2, -0.15) is 5.10 Å². The average molecular weight is 274 g/mol. The van der Waals surface area contributed by atoms with E-state index in [0.29, 0.717) is 17.9 Å². The topological polar surface area (TPSA) is 84.1 Å². The van der Waals surface area contributed by atoms with Crippen molar-refractivity contribution in [1.29, 1.82) is 0 Å². The van der Waals surface area contributed by atoms with Crippen LogP contribution in [0.1, 0.15) is 23.0 Å². The number of hydrogen-bond donors (Lipinski definition) is 2. The molecule has 1 amide bonds. The third-order valence-electron chi connectivity index (χ3n) is 2.41. The lowest BCUT2D eigenvalue weighted by Crippen LogP contribution is -2.16. The molecular weight excluding hydrogens is 260 g/mol. The van der Waals surface area contributed by atoms with E-state index < -0.39 is 5.91 Å². The summed E-state index contributed by atoms with van der Waals surface area (Å²) in [5.41, 5.74) is 2.98. The van der Waals surface area contributed by atoms with E-state index in [0.717, 1.165) is 0 Å². The number of hydrogen-bond acceptors (Lipinski definition) is 5. The van der Waals surface area contributed by atoms with E-state index in [4.69, 9.17) is 9.15 Å². The van der Waals surface area contributed by atoms with Gasteiger partial charge in [-0.1, -0.05) is 0 Å².